The summed E-state index contributed by atoms with van der Waals surface area (Å²) in [4.78, 5) is 25.6. The summed E-state index contributed by atoms with van der Waals surface area (Å²) in [6.07, 6.45) is 0.815. The first kappa shape index (κ1) is 22.4. The van der Waals surface area contributed by atoms with E-state index < -0.39 is 10.0 Å². The lowest BCUT2D eigenvalue weighted by molar-refractivity contribution is -0.121. The third-order valence-electron chi connectivity index (χ3n) is 4.56. The van der Waals surface area contributed by atoms with Crippen LogP contribution in [0.4, 0.5) is 5.69 Å². The van der Waals surface area contributed by atoms with Gasteiger partial charge in [-0.25, -0.2) is 8.42 Å². The minimum atomic E-state index is -3.78. The number of carbonyl (C=O) groups is 2. The number of aryl methyl sites for hydroxylation is 1. The van der Waals surface area contributed by atoms with Crippen molar-refractivity contribution in [3.8, 4) is 0 Å². The molecular weight excluding hydrogens is 390 g/mol. The second kappa shape index (κ2) is 9.56. The number of benzene rings is 2. The van der Waals surface area contributed by atoms with Crippen LogP contribution in [-0.2, 0) is 14.8 Å². The molecule has 7 nitrogen and oxygen atoms in total. The van der Waals surface area contributed by atoms with Crippen LogP contribution >= 0.6 is 0 Å². The lowest BCUT2D eigenvalue weighted by Gasteiger charge is -2.17. The fraction of sp³-hybridized carbons (Fsp3) is 0.333. The molecule has 0 atom stereocenters. The molecule has 0 aromatic heterocycles. The molecule has 0 heterocycles. The summed E-state index contributed by atoms with van der Waals surface area (Å²) in [5, 5.41) is 2.71. The SMILES string of the molecule is CCCNC(=O)CN(C)C(=O)c1ccc(S(=O)(=O)Nc2cccc(C)c2C)cc1. The Hall–Kier alpha value is -2.87. The number of hydrogen-bond acceptors (Lipinski definition) is 4. The Bertz CT molecular complexity index is 985. The summed E-state index contributed by atoms with van der Waals surface area (Å²) in [5.41, 5.74) is 2.66. The van der Waals surface area contributed by atoms with Crippen molar-refractivity contribution < 1.29 is 18.0 Å². The maximum absolute atomic E-state index is 12.7. The summed E-state index contributed by atoms with van der Waals surface area (Å²) >= 11 is 0. The molecule has 2 aromatic rings. The van der Waals surface area contributed by atoms with Gasteiger partial charge in [0, 0.05) is 19.2 Å². The smallest absolute Gasteiger partial charge is 0.261 e. The van der Waals surface area contributed by atoms with Gasteiger partial charge >= 0.3 is 0 Å². The Kier molecular flexibility index (Phi) is 7.39. The molecule has 0 fully saturated rings. The van der Waals surface area contributed by atoms with E-state index in [1.807, 2.05) is 26.8 Å². The van der Waals surface area contributed by atoms with E-state index in [2.05, 4.69) is 10.0 Å². The second-order valence-electron chi connectivity index (χ2n) is 6.89. The highest BCUT2D eigenvalue weighted by atomic mass is 32.2. The number of anilines is 1. The predicted octanol–water partition coefficient (Wildman–Crippen LogP) is 2.70. The lowest BCUT2D eigenvalue weighted by atomic mass is 10.1. The van der Waals surface area contributed by atoms with Gasteiger partial charge in [-0.2, -0.15) is 0 Å². The Labute approximate surface area is 172 Å². The number of carbonyl (C=O) groups excluding carboxylic acids is 2. The monoisotopic (exact) mass is 417 g/mol. The van der Waals surface area contributed by atoms with E-state index in [9.17, 15) is 18.0 Å². The van der Waals surface area contributed by atoms with Gasteiger partial charge in [0.2, 0.25) is 5.91 Å². The van der Waals surface area contributed by atoms with Crippen LogP contribution in [0.5, 0.6) is 0 Å². The van der Waals surface area contributed by atoms with Gasteiger partial charge in [-0.15, -0.1) is 0 Å². The molecule has 0 saturated heterocycles. The summed E-state index contributed by atoms with van der Waals surface area (Å²) in [5.74, 6) is -0.595. The third kappa shape index (κ3) is 5.80. The molecule has 0 aliphatic rings. The molecule has 0 saturated carbocycles. The summed E-state index contributed by atoms with van der Waals surface area (Å²) in [6, 6.07) is 11.1. The highest BCUT2D eigenvalue weighted by Crippen LogP contribution is 2.22. The molecule has 2 rings (SSSR count). The molecule has 2 N–H and O–H groups in total. The molecule has 0 spiro atoms. The number of hydrogen-bond donors (Lipinski definition) is 2. The normalized spacial score (nSPS) is 11.0. The minimum absolute atomic E-state index is 0.0540. The molecule has 156 valence electrons. The van der Waals surface area contributed by atoms with Gasteiger partial charge in [0.05, 0.1) is 17.1 Å². The standard InChI is InChI=1S/C21H27N3O4S/c1-5-13-22-20(25)14-24(4)21(26)17-9-11-18(12-10-17)29(27,28)23-19-8-6-7-15(2)16(19)3/h6-12,23H,5,13-14H2,1-4H3,(H,22,25). The van der Waals surface area contributed by atoms with Crippen molar-refractivity contribution in [3.05, 3.63) is 59.2 Å². The molecule has 0 aliphatic carbocycles. The molecule has 2 amide bonds. The minimum Gasteiger partial charge on any atom is -0.355 e. The second-order valence-corrected chi connectivity index (χ2v) is 8.57. The van der Waals surface area contributed by atoms with Crippen LogP contribution in [0.2, 0.25) is 0 Å². The van der Waals surface area contributed by atoms with Crippen molar-refractivity contribution in [2.45, 2.75) is 32.1 Å². The Morgan fingerprint density at radius 1 is 1.03 bits per heavy atom. The van der Waals surface area contributed by atoms with Gasteiger partial charge in [-0.05, 0) is 61.7 Å². The molecule has 2 aromatic carbocycles. The number of sulfonamides is 1. The fourth-order valence-electron chi connectivity index (χ4n) is 2.67. The van der Waals surface area contributed by atoms with E-state index in [1.165, 1.54) is 36.2 Å². The lowest BCUT2D eigenvalue weighted by Crippen LogP contribution is -2.38. The van der Waals surface area contributed by atoms with Crippen molar-refractivity contribution in [1.29, 1.82) is 0 Å². The number of nitrogens with one attached hydrogen (secondary N) is 2. The summed E-state index contributed by atoms with van der Waals surface area (Å²) in [6.45, 7) is 6.20. The van der Waals surface area contributed by atoms with E-state index in [-0.39, 0.29) is 23.3 Å². The zero-order valence-electron chi connectivity index (χ0n) is 17.2. The van der Waals surface area contributed by atoms with Crippen LogP contribution in [0.25, 0.3) is 0 Å². The third-order valence-corrected chi connectivity index (χ3v) is 5.94. The van der Waals surface area contributed by atoms with Gasteiger partial charge in [0.1, 0.15) is 0 Å². The van der Waals surface area contributed by atoms with Crippen molar-refractivity contribution in [3.63, 3.8) is 0 Å². The highest BCUT2D eigenvalue weighted by molar-refractivity contribution is 7.92. The maximum atomic E-state index is 12.7. The van der Waals surface area contributed by atoms with Crippen molar-refractivity contribution in [2.75, 3.05) is 24.9 Å². The molecular formula is C21H27N3O4S. The first-order valence-electron chi connectivity index (χ1n) is 9.37. The van der Waals surface area contributed by atoms with Crippen molar-refractivity contribution in [2.24, 2.45) is 0 Å². The van der Waals surface area contributed by atoms with Crippen molar-refractivity contribution in [1.82, 2.24) is 10.2 Å². The molecule has 8 heteroatoms. The van der Waals surface area contributed by atoms with E-state index in [1.54, 1.807) is 12.1 Å². The van der Waals surface area contributed by atoms with Crippen LogP contribution in [0, 0.1) is 13.8 Å². The van der Waals surface area contributed by atoms with E-state index in [0.717, 1.165) is 17.5 Å². The molecule has 0 bridgehead atoms. The topological polar surface area (TPSA) is 95.6 Å². The van der Waals surface area contributed by atoms with Gasteiger partial charge in [-0.3, -0.25) is 14.3 Å². The van der Waals surface area contributed by atoms with Gasteiger partial charge < -0.3 is 10.2 Å². The maximum Gasteiger partial charge on any atom is 0.261 e. The first-order valence-corrected chi connectivity index (χ1v) is 10.8. The van der Waals surface area contributed by atoms with Crippen molar-refractivity contribution >= 4 is 27.5 Å². The number of rotatable bonds is 8. The number of nitrogens with zero attached hydrogens (tertiary/aromatic N) is 1. The van der Waals surface area contributed by atoms with Gasteiger partial charge in [0.15, 0.2) is 0 Å². The summed E-state index contributed by atoms with van der Waals surface area (Å²) in [7, 11) is -2.26. The molecule has 29 heavy (non-hydrogen) atoms. The molecule has 0 unspecified atom stereocenters. The average molecular weight is 418 g/mol. The quantitative estimate of drug-likeness (QED) is 0.690. The molecule has 0 radical (unpaired) electrons. The Balaban J connectivity index is 2.11. The number of amides is 2. The predicted molar refractivity (Wildman–Crippen MR) is 113 cm³/mol. The Morgan fingerprint density at radius 3 is 2.31 bits per heavy atom. The molecule has 0 aliphatic heterocycles. The average Bonchev–Trinajstić information content (AvgIpc) is 2.69. The van der Waals surface area contributed by atoms with Crippen LogP contribution < -0.4 is 10.0 Å². The van der Waals surface area contributed by atoms with E-state index in [0.29, 0.717) is 17.8 Å². The van der Waals surface area contributed by atoms with Crippen LogP contribution in [-0.4, -0.2) is 45.3 Å². The first-order chi connectivity index (χ1) is 13.7. The van der Waals surface area contributed by atoms with Gasteiger partial charge in [-0.1, -0.05) is 19.1 Å². The zero-order valence-corrected chi connectivity index (χ0v) is 18.0. The largest absolute Gasteiger partial charge is 0.355 e. The van der Waals surface area contributed by atoms with Crippen LogP contribution in [0.15, 0.2) is 47.4 Å². The van der Waals surface area contributed by atoms with Gasteiger partial charge in [0.25, 0.3) is 15.9 Å². The Morgan fingerprint density at radius 2 is 1.69 bits per heavy atom. The summed E-state index contributed by atoms with van der Waals surface area (Å²) < 4.78 is 27.9. The van der Waals surface area contributed by atoms with E-state index in [4.69, 9.17) is 0 Å². The fourth-order valence-corrected chi connectivity index (χ4v) is 3.79. The van der Waals surface area contributed by atoms with Crippen LogP contribution in [0.3, 0.4) is 0 Å². The highest BCUT2D eigenvalue weighted by Gasteiger charge is 2.18. The van der Waals surface area contributed by atoms with Crippen LogP contribution in [0.1, 0.15) is 34.8 Å². The number of likely N-dealkylation sites (N-methyl/N-ethyl adjacent to an activating group) is 1. The van der Waals surface area contributed by atoms with E-state index >= 15 is 0 Å². The zero-order chi connectivity index (χ0) is 21.6.